The molecule has 1 aromatic rings. The predicted octanol–water partition coefficient (Wildman–Crippen LogP) is 4.31. The van der Waals surface area contributed by atoms with Gasteiger partial charge in [0.15, 0.2) is 0 Å². The molecule has 0 aliphatic carbocycles. The molecule has 1 aliphatic heterocycles. The summed E-state index contributed by atoms with van der Waals surface area (Å²) in [6.45, 7) is 8.73. The number of unbranched alkanes of at least 4 members (excludes halogenated alkanes) is 2. The number of nitrogens with zero attached hydrogens (tertiary/aromatic N) is 2. The molecule has 0 bridgehead atoms. The zero-order chi connectivity index (χ0) is 15.0. The Bertz CT molecular complexity index is 382. The highest BCUT2D eigenvalue weighted by Crippen LogP contribution is 2.19. The molecule has 1 fully saturated rings. The summed E-state index contributed by atoms with van der Waals surface area (Å²) in [7, 11) is 2.45. The molecule has 1 saturated heterocycles. The van der Waals surface area contributed by atoms with Gasteiger partial charge in [-0.15, -0.1) is 0 Å². The minimum atomic E-state index is 1.20. The molecule has 1 aromatic carbocycles. The van der Waals surface area contributed by atoms with E-state index in [1.54, 1.807) is 0 Å². The summed E-state index contributed by atoms with van der Waals surface area (Å²) in [5.41, 5.74) is 1.40. The van der Waals surface area contributed by atoms with Crippen molar-refractivity contribution >= 4 is 5.69 Å². The minimum absolute atomic E-state index is 1.20. The number of rotatable bonds is 8. The van der Waals surface area contributed by atoms with Crippen LogP contribution in [-0.4, -0.2) is 44.3 Å². The highest BCUT2D eigenvalue weighted by Gasteiger charge is 2.25. The van der Waals surface area contributed by atoms with Crippen molar-refractivity contribution in [2.24, 2.45) is 0 Å². The first-order chi connectivity index (χ1) is 10.2. The van der Waals surface area contributed by atoms with Crippen molar-refractivity contribution in [3.63, 3.8) is 0 Å². The number of anilines is 1. The molecule has 2 rings (SSSR count). The van der Waals surface area contributed by atoms with Crippen molar-refractivity contribution in [3.05, 3.63) is 30.3 Å². The first-order valence-electron chi connectivity index (χ1n) is 8.87. The Kier molecular flexibility index (Phi) is 6.56. The van der Waals surface area contributed by atoms with Crippen LogP contribution in [0.3, 0.4) is 0 Å². The van der Waals surface area contributed by atoms with Crippen LogP contribution in [0.1, 0.15) is 45.4 Å². The van der Waals surface area contributed by atoms with E-state index in [9.17, 15) is 0 Å². The van der Waals surface area contributed by atoms with Gasteiger partial charge in [0.05, 0.1) is 33.2 Å². The minimum Gasteiger partial charge on any atom is -0.366 e. The van der Waals surface area contributed by atoms with Gasteiger partial charge in [-0.25, -0.2) is 0 Å². The Labute approximate surface area is 131 Å². The van der Waals surface area contributed by atoms with E-state index in [-0.39, 0.29) is 0 Å². The number of piperidine rings is 1. The lowest BCUT2D eigenvalue weighted by Gasteiger charge is -2.39. The van der Waals surface area contributed by atoms with Crippen LogP contribution in [0.25, 0.3) is 0 Å². The van der Waals surface area contributed by atoms with E-state index in [1.807, 2.05) is 0 Å². The van der Waals surface area contributed by atoms with Gasteiger partial charge in [-0.1, -0.05) is 38.0 Å². The fourth-order valence-corrected chi connectivity index (χ4v) is 3.42. The van der Waals surface area contributed by atoms with Gasteiger partial charge in [-0.05, 0) is 37.8 Å². The summed E-state index contributed by atoms with van der Waals surface area (Å²) in [4.78, 5) is 2.60. The third kappa shape index (κ3) is 5.35. The smallest absolute Gasteiger partial charge is 0.0962 e. The van der Waals surface area contributed by atoms with E-state index in [0.29, 0.717) is 0 Å². The van der Waals surface area contributed by atoms with Gasteiger partial charge in [0, 0.05) is 12.2 Å². The maximum absolute atomic E-state index is 2.60. The fraction of sp³-hybridized carbons (Fsp3) is 0.684. The molecular weight excluding hydrogens is 256 g/mol. The Hall–Kier alpha value is -1.02. The summed E-state index contributed by atoms with van der Waals surface area (Å²) < 4.78 is 1.27. The van der Waals surface area contributed by atoms with E-state index in [4.69, 9.17) is 0 Å². The normalized spacial score (nSPS) is 17.6. The van der Waals surface area contributed by atoms with E-state index >= 15 is 0 Å². The molecule has 118 valence electrons. The number of likely N-dealkylation sites (tertiary alicyclic amines) is 1. The molecule has 0 N–H and O–H groups in total. The average molecular weight is 289 g/mol. The third-order valence-electron chi connectivity index (χ3n) is 4.96. The van der Waals surface area contributed by atoms with Crippen LogP contribution in [0.5, 0.6) is 0 Å². The van der Waals surface area contributed by atoms with E-state index < -0.39 is 0 Å². The first kappa shape index (κ1) is 16.4. The van der Waals surface area contributed by atoms with Gasteiger partial charge in [0.2, 0.25) is 0 Å². The van der Waals surface area contributed by atoms with Gasteiger partial charge in [-0.2, -0.15) is 0 Å². The van der Waals surface area contributed by atoms with Gasteiger partial charge in [0.1, 0.15) is 0 Å². The Morgan fingerprint density at radius 1 is 0.952 bits per heavy atom. The average Bonchev–Trinajstić information content (AvgIpc) is 2.52. The van der Waals surface area contributed by atoms with Crippen molar-refractivity contribution < 1.29 is 4.48 Å². The van der Waals surface area contributed by atoms with E-state index in [0.717, 1.165) is 0 Å². The molecule has 0 saturated carbocycles. The zero-order valence-corrected chi connectivity index (χ0v) is 14.1. The standard InChI is InChI=1S/C19H33N2/c1-3-4-9-14-20(19-12-7-5-8-13-19)15-18-21(2)16-10-6-11-17-21/h5,7-8,12-13H,3-4,6,9-11,14-18H2,1-2H3/q+1. The highest BCUT2D eigenvalue weighted by molar-refractivity contribution is 5.45. The van der Waals surface area contributed by atoms with Crippen LogP contribution >= 0.6 is 0 Å². The van der Waals surface area contributed by atoms with Gasteiger partial charge >= 0.3 is 0 Å². The molecule has 0 spiro atoms. The number of quaternary nitrogens is 1. The third-order valence-corrected chi connectivity index (χ3v) is 4.96. The molecular formula is C19H33N2+. The lowest BCUT2D eigenvalue weighted by molar-refractivity contribution is -0.912. The second-order valence-electron chi connectivity index (χ2n) is 6.88. The fourth-order valence-electron chi connectivity index (χ4n) is 3.42. The van der Waals surface area contributed by atoms with Crippen molar-refractivity contribution in [2.75, 3.05) is 44.7 Å². The zero-order valence-electron chi connectivity index (χ0n) is 14.1. The molecule has 0 aromatic heterocycles. The van der Waals surface area contributed by atoms with Crippen molar-refractivity contribution in [3.8, 4) is 0 Å². The van der Waals surface area contributed by atoms with Crippen molar-refractivity contribution in [1.29, 1.82) is 0 Å². The summed E-state index contributed by atoms with van der Waals surface area (Å²) in [5, 5.41) is 0. The highest BCUT2D eigenvalue weighted by atomic mass is 15.3. The molecule has 21 heavy (non-hydrogen) atoms. The van der Waals surface area contributed by atoms with Crippen LogP contribution in [0.2, 0.25) is 0 Å². The maximum atomic E-state index is 2.60. The number of hydrogen-bond donors (Lipinski definition) is 0. The van der Waals surface area contributed by atoms with E-state index in [2.05, 4.69) is 49.2 Å². The van der Waals surface area contributed by atoms with Crippen LogP contribution in [0.15, 0.2) is 30.3 Å². The van der Waals surface area contributed by atoms with Gasteiger partial charge in [0.25, 0.3) is 0 Å². The molecule has 2 heteroatoms. The van der Waals surface area contributed by atoms with Crippen LogP contribution in [0.4, 0.5) is 5.69 Å². The van der Waals surface area contributed by atoms with Crippen LogP contribution < -0.4 is 4.90 Å². The Morgan fingerprint density at radius 3 is 2.33 bits per heavy atom. The van der Waals surface area contributed by atoms with Gasteiger partial charge < -0.3 is 9.38 Å². The molecule has 0 radical (unpaired) electrons. The largest absolute Gasteiger partial charge is 0.366 e. The molecule has 2 nitrogen and oxygen atoms in total. The summed E-state index contributed by atoms with van der Waals surface area (Å²) in [5.74, 6) is 0. The molecule has 0 unspecified atom stereocenters. The van der Waals surface area contributed by atoms with Crippen molar-refractivity contribution in [1.82, 2.24) is 0 Å². The van der Waals surface area contributed by atoms with Crippen LogP contribution in [-0.2, 0) is 0 Å². The Balaban J connectivity index is 1.92. The second-order valence-corrected chi connectivity index (χ2v) is 6.88. The summed E-state index contributed by atoms with van der Waals surface area (Å²) in [6, 6.07) is 11.0. The number of para-hydroxylation sites is 1. The number of benzene rings is 1. The molecule has 0 amide bonds. The topological polar surface area (TPSA) is 3.24 Å². The van der Waals surface area contributed by atoms with Gasteiger partial charge in [-0.3, -0.25) is 0 Å². The molecule has 1 heterocycles. The summed E-state index contributed by atoms with van der Waals surface area (Å²) >= 11 is 0. The second kappa shape index (κ2) is 8.43. The number of likely N-dealkylation sites (N-methyl/N-ethyl adjacent to an activating group) is 1. The SMILES string of the molecule is CCCCCN(CC[N+]1(C)CCCCC1)c1ccccc1. The monoisotopic (exact) mass is 289 g/mol. The predicted molar refractivity (Wildman–Crippen MR) is 92.8 cm³/mol. The molecule has 0 atom stereocenters. The maximum Gasteiger partial charge on any atom is 0.0962 e. The Morgan fingerprint density at radius 2 is 1.67 bits per heavy atom. The summed E-state index contributed by atoms with van der Waals surface area (Å²) in [6.07, 6.45) is 8.23. The number of hydrogen-bond acceptors (Lipinski definition) is 1. The van der Waals surface area contributed by atoms with Crippen LogP contribution in [0, 0.1) is 0 Å². The lowest BCUT2D eigenvalue weighted by atomic mass is 10.1. The van der Waals surface area contributed by atoms with Crippen molar-refractivity contribution in [2.45, 2.75) is 45.4 Å². The first-order valence-corrected chi connectivity index (χ1v) is 8.87. The van der Waals surface area contributed by atoms with E-state index in [1.165, 1.54) is 81.4 Å². The molecule has 1 aliphatic rings. The lowest BCUT2D eigenvalue weighted by Crippen LogP contribution is -2.51. The quantitative estimate of drug-likeness (QED) is 0.509.